The maximum atomic E-state index is 12.7. The summed E-state index contributed by atoms with van der Waals surface area (Å²) < 4.78 is 16.7. The molecule has 0 saturated carbocycles. The van der Waals surface area contributed by atoms with Gasteiger partial charge in [-0.15, -0.1) is 0 Å². The van der Waals surface area contributed by atoms with E-state index in [9.17, 15) is 14.4 Å². The average Bonchev–Trinajstić information content (AvgIpc) is 3.26. The lowest BCUT2D eigenvalue weighted by Gasteiger charge is -2.18. The van der Waals surface area contributed by atoms with Gasteiger partial charge in [0.25, 0.3) is 0 Å². The Balaban J connectivity index is 4.41. The van der Waals surface area contributed by atoms with Crippen LogP contribution >= 0.6 is 0 Å². The normalized spacial score (nSPS) is 12.9. The van der Waals surface area contributed by atoms with Gasteiger partial charge in [-0.05, 0) is 109 Å². The summed E-state index contributed by atoms with van der Waals surface area (Å²) in [6.45, 7) is 6.25. The Hall–Kier alpha value is -3.67. The van der Waals surface area contributed by atoms with Crippen molar-refractivity contribution in [2.45, 2.75) is 219 Å². The van der Waals surface area contributed by atoms with Crippen LogP contribution in [-0.4, -0.2) is 37.2 Å². The molecule has 1 unspecified atom stereocenters. The largest absolute Gasteiger partial charge is 0.462 e. The van der Waals surface area contributed by atoms with Gasteiger partial charge < -0.3 is 14.2 Å². The highest BCUT2D eigenvalue weighted by atomic mass is 16.6. The Morgan fingerprint density at radius 1 is 0.328 bits per heavy atom. The van der Waals surface area contributed by atoms with Crippen LogP contribution in [0.4, 0.5) is 0 Å². The van der Waals surface area contributed by atoms with Crippen LogP contribution in [0.3, 0.4) is 0 Å². The highest BCUT2D eigenvalue weighted by Crippen LogP contribution is 2.13. The molecule has 0 aromatic heterocycles. The lowest BCUT2D eigenvalue weighted by Crippen LogP contribution is -2.30. The van der Waals surface area contributed by atoms with E-state index in [1.54, 1.807) is 0 Å². The fourth-order valence-electron chi connectivity index (χ4n) is 6.45. The fourth-order valence-corrected chi connectivity index (χ4v) is 6.45. The van der Waals surface area contributed by atoms with Crippen LogP contribution in [0.1, 0.15) is 213 Å². The van der Waals surface area contributed by atoms with Gasteiger partial charge in [0.05, 0.1) is 0 Å². The topological polar surface area (TPSA) is 78.9 Å². The van der Waals surface area contributed by atoms with Gasteiger partial charge in [0.2, 0.25) is 0 Å². The minimum absolute atomic E-state index is 0.0969. The van der Waals surface area contributed by atoms with Crippen molar-refractivity contribution in [1.29, 1.82) is 0 Å². The molecule has 0 heterocycles. The van der Waals surface area contributed by atoms with Gasteiger partial charge in [0, 0.05) is 19.3 Å². The molecule has 0 rings (SSSR count). The average molecular weight is 847 g/mol. The smallest absolute Gasteiger partial charge is 0.306 e. The number of ether oxygens (including phenoxy) is 3. The summed E-state index contributed by atoms with van der Waals surface area (Å²) in [5.41, 5.74) is 0. The molecule has 0 spiro atoms. The van der Waals surface area contributed by atoms with Crippen molar-refractivity contribution in [2.75, 3.05) is 13.2 Å². The molecule has 6 nitrogen and oxygen atoms in total. The SMILES string of the molecule is CC/C=C\C/C=C\C/C=C\C/C=C\CCCCCCCCC(=O)OCC(COC(=O)CCCCCCC/C=C\C/C=C\CC)OC(=O)CCCCCCC/C=C\C/C=C\CC. The molecule has 346 valence electrons. The predicted octanol–water partition coefficient (Wildman–Crippen LogP) is 16.2. The molecule has 0 N–H and O–H groups in total. The quantitative estimate of drug-likeness (QED) is 0.0263. The van der Waals surface area contributed by atoms with Crippen molar-refractivity contribution >= 4 is 17.9 Å². The summed E-state index contributed by atoms with van der Waals surface area (Å²) in [6.07, 6.45) is 63.9. The molecule has 6 heteroatoms. The first-order valence-electron chi connectivity index (χ1n) is 24.7. The van der Waals surface area contributed by atoms with E-state index >= 15 is 0 Å². The Bertz CT molecular complexity index is 1250. The van der Waals surface area contributed by atoms with Crippen LogP contribution in [0, 0.1) is 0 Å². The van der Waals surface area contributed by atoms with E-state index in [1.165, 1.54) is 12.8 Å². The van der Waals surface area contributed by atoms with Crippen LogP contribution in [0.15, 0.2) is 97.2 Å². The van der Waals surface area contributed by atoms with Crippen molar-refractivity contribution < 1.29 is 28.6 Å². The summed E-state index contributed by atoms with van der Waals surface area (Å²) in [5.74, 6) is -0.946. The zero-order chi connectivity index (χ0) is 44.4. The number of carbonyl (C=O) groups excluding carboxylic acids is 3. The molecular weight excluding hydrogens is 757 g/mol. The van der Waals surface area contributed by atoms with Gasteiger partial charge in [-0.3, -0.25) is 14.4 Å². The molecule has 0 aliphatic rings. The fraction of sp³-hybridized carbons (Fsp3) is 0.655. The second kappa shape index (κ2) is 49.0. The third-order valence-corrected chi connectivity index (χ3v) is 10.1. The second-order valence-electron chi connectivity index (χ2n) is 15.9. The first-order chi connectivity index (χ1) is 30.0. The van der Waals surface area contributed by atoms with E-state index in [0.29, 0.717) is 19.3 Å². The number of allylic oxidation sites excluding steroid dienone is 16. The van der Waals surface area contributed by atoms with E-state index in [2.05, 4.69) is 118 Å². The van der Waals surface area contributed by atoms with Gasteiger partial charge in [-0.2, -0.15) is 0 Å². The van der Waals surface area contributed by atoms with Crippen molar-refractivity contribution in [2.24, 2.45) is 0 Å². The molecule has 61 heavy (non-hydrogen) atoms. The molecule has 1 atom stereocenters. The molecule has 0 aromatic rings. The molecule has 0 saturated heterocycles. The molecule has 0 aliphatic heterocycles. The molecule has 0 bridgehead atoms. The summed E-state index contributed by atoms with van der Waals surface area (Å²) in [5, 5.41) is 0. The zero-order valence-corrected chi connectivity index (χ0v) is 39.4. The number of hydrogen-bond acceptors (Lipinski definition) is 6. The van der Waals surface area contributed by atoms with Gasteiger partial charge in [0.1, 0.15) is 13.2 Å². The van der Waals surface area contributed by atoms with Gasteiger partial charge in [-0.1, -0.05) is 182 Å². The van der Waals surface area contributed by atoms with E-state index in [1.807, 2.05) is 0 Å². The van der Waals surface area contributed by atoms with Crippen LogP contribution in [0.2, 0.25) is 0 Å². The number of esters is 3. The number of hydrogen-bond donors (Lipinski definition) is 0. The van der Waals surface area contributed by atoms with E-state index < -0.39 is 6.10 Å². The Kier molecular flexibility index (Phi) is 46.0. The van der Waals surface area contributed by atoms with Crippen molar-refractivity contribution in [3.63, 3.8) is 0 Å². The van der Waals surface area contributed by atoms with Gasteiger partial charge in [0.15, 0.2) is 6.10 Å². The first-order valence-corrected chi connectivity index (χ1v) is 24.7. The number of unbranched alkanes of at least 4 members (excludes halogenated alkanes) is 16. The van der Waals surface area contributed by atoms with Crippen molar-refractivity contribution in [3.8, 4) is 0 Å². The van der Waals surface area contributed by atoms with Crippen molar-refractivity contribution in [3.05, 3.63) is 97.2 Å². The number of carbonyl (C=O) groups is 3. The Morgan fingerprint density at radius 3 is 0.918 bits per heavy atom. The minimum Gasteiger partial charge on any atom is -0.462 e. The lowest BCUT2D eigenvalue weighted by atomic mass is 10.1. The highest BCUT2D eigenvalue weighted by Gasteiger charge is 2.19. The van der Waals surface area contributed by atoms with Crippen LogP contribution in [0.25, 0.3) is 0 Å². The third kappa shape index (κ3) is 47.2. The van der Waals surface area contributed by atoms with Gasteiger partial charge >= 0.3 is 17.9 Å². The molecule has 0 aliphatic carbocycles. The maximum absolute atomic E-state index is 12.7. The zero-order valence-electron chi connectivity index (χ0n) is 39.4. The van der Waals surface area contributed by atoms with E-state index in [4.69, 9.17) is 14.2 Å². The van der Waals surface area contributed by atoms with Crippen LogP contribution in [-0.2, 0) is 28.6 Å². The summed E-state index contributed by atoms with van der Waals surface area (Å²) in [6, 6.07) is 0. The Labute approximate surface area is 375 Å². The van der Waals surface area contributed by atoms with Crippen LogP contribution in [0.5, 0.6) is 0 Å². The summed E-state index contributed by atoms with van der Waals surface area (Å²) in [7, 11) is 0. The lowest BCUT2D eigenvalue weighted by molar-refractivity contribution is -0.167. The van der Waals surface area contributed by atoms with Gasteiger partial charge in [-0.25, -0.2) is 0 Å². The van der Waals surface area contributed by atoms with Crippen LogP contribution < -0.4 is 0 Å². The van der Waals surface area contributed by atoms with E-state index in [0.717, 1.165) is 161 Å². The summed E-state index contributed by atoms with van der Waals surface area (Å²) in [4.78, 5) is 37.9. The monoisotopic (exact) mass is 847 g/mol. The molecule has 0 amide bonds. The first kappa shape index (κ1) is 57.3. The highest BCUT2D eigenvalue weighted by molar-refractivity contribution is 5.71. The minimum atomic E-state index is -0.796. The van der Waals surface area contributed by atoms with Crippen molar-refractivity contribution in [1.82, 2.24) is 0 Å². The van der Waals surface area contributed by atoms with E-state index in [-0.39, 0.29) is 31.1 Å². The molecule has 0 radical (unpaired) electrons. The summed E-state index contributed by atoms with van der Waals surface area (Å²) >= 11 is 0. The molecule has 0 fully saturated rings. The predicted molar refractivity (Wildman–Crippen MR) is 260 cm³/mol. The second-order valence-corrected chi connectivity index (χ2v) is 15.9. The number of rotatable bonds is 43. The molecular formula is C55H90O6. The molecule has 0 aromatic carbocycles. The maximum Gasteiger partial charge on any atom is 0.306 e. The Morgan fingerprint density at radius 2 is 0.590 bits per heavy atom. The standard InChI is InChI=1S/C55H90O6/c1-4-7-10-13-16-19-22-25-26-27-28-29-30-31-34-36-39-42-45-48-54(57)60-51-52(61-55(58)49-46-43-40-37-33-24-21-18-15-12-9-6-3)50-59-53(56)47-44-41-38-35-32-23-20-17-14-11-8-5-2/h7-12,16-21,25-26,28-29,52H,4-6,13-15,22-24,27,30-51H2,1-3H3/b10-7-,11-8-,12-9-,19-16-,20-17-,21-18-,26-25-,29-28-. The third-order valence-electron chi connectivity index (χ3n) is 10.1.